The lowest BCUT2D eigenvalue weighted by Gasteiger charge is -2.12. The molecule has 3 heterocycles. The second-order valence-corrected chi connectivity index (χ2v) is 9.66. The summed E-state index contributed by atoms with van der Waals surface area (Å²) in [6.45, 7) is 2.76. The van der Waals surface area contributed by atoms with Crippen molar-refractivity contribution in [1.82, 2.24) is 14.5 Å². The van der Waals surface area contributed by atoms with Crippen molar-refractivity contribution in [3.63, 3.8) is 0 Å². The first-order valence-electron chi connectivity index (χ1n) is 10.2. The van der Waals surface area contributed by atoms with E-state index in [-0.39, 0.29) is 22.4 Å². The van der Waals surface area contributed by atoms with Crippen molar-refractivity contribution < 1.29 is 4.79 Å². The van der Waals surface area contributed by atoms with Crippen molar-refractivity contribution in [3.8, 4) is 0 Å². The Labute approximate surface area is 188 Å². The number of carbonyl (C=O) groups excluding carboxylic acids is 1. The number of nitrogens with zero attached hydrogens (tertiary/aromatic N) is 3. The van der Waals surface area contributed by atoms with Gasteiger partial charge in [0, 0.05) is 17.6 Å². The zero-order chi connectivity index (χ0) is 21.1. The number of aryl methyl sites for hydroxylation is 2. The predicted molar refractivity (Wildman–Crippen MR) is 124 cm³/mol. The number of unbranched alkanes of at least 4 members (excludes halogenated alkanes) is 2. The summed E-state index contributed by atoms with van der Waals surface area (Å²) in [5.74, 6) is -0.0692. The summed E-state index contributed by atoms with van der Waals surface area (Å²) in [5, 5.41) is 4.42. The van der Waals surface area contributed by atoms with E-state index in [2.05, 4.69) is 17.2 Å². The standard InChI is InChI=1S/C21H23ClN4O2S2/c1-2-3-4-11-26-20(28)17-13-7-5-9-15(13)30-19(17)25-21(26)29-12-16(27)24-14-8-6-10-23-18(14)22/h6,8,10H,2-5,7,9,11-12H2,1H3,(H,24,27). The molecule has 1 amide bonds. The summed E-state index contributed by atoms with van der Waals surface area (Å²) in [7, 11) is 0. The predicted octanol–water partition coefficient (Wildman–Crippen LogP) is 4.92. The molecule has 0 spiro atoms. The topological polar surface area (TPSA) is 76.9 Å². The van der Waals surface area contributed by atoms with Gasteiger partial charge in [-0.1, -0.05) is 43.1 Å². The summed E-state index contributed by atoms with van der Waals surface area (Å²) in [5.41, 5.74) is 1.70. The van der Waals surface area contributed by atoms with Crippen LogP contribution in [-0.4, -0.2) is 26.2 Å². The second kappa shape index (κ2) is 9.49. The maximum absolute atomic E-state index is 13.3. The van der Waals surface area contributed by atoms with E-state index in [1.807, 2.05) is 0 Å². The summed E-state index contributed by atoms with van der Waals surface area (Å²) in [6.07, 6.45) is 7.72. The van der Waals surface area contributed by atoms with Crippen LogP contribution in [-0.2, 0) is 24.2 Å². The number of halogens is 1. The van der Waals surface area contributed by atoms with Gasteiger partial charge in [0.05, 0.1) is 16.8 Å². The minimum absolute atomic E-state index is 0.0358. The van der Waals surface area contributed by atoms with E-state index in [9.17, 15) is 9.59 Å². The number of thioether (sulfide) groups is 1. The van der Waals surface area contributed by atoms with Crippen LogP contribution in [0.4, 0.5) is 5.69 Å². The van der Waals surface area contributed by atoms with Crippen LogP contribution in [0, 0.1) is 0 Å². The molecule has 1 aliphatic rings. The molecule has 30 heavy (non-hydrogen) atoms. The highest BCUT2D eigenvalue weighted by Crippen LogP contribution is 2.35. The molecule has 0 aromatic carbocycles. The average Bonchev–Trinajstić information content (AvgIpc) is 3.31. The van der Waals surface area contributed by atoms with Gasteiger partial charge in [0.15, 0.2) is 10.3 Å². The molecule has 0 atom stereocenters. The molecule has 6 nitrogen and oxygen atoms in total. The lowest BCUT2D eigenvalue weighted by molar-refractivity contribution is -0.113. The molecular formula is C21H23ClN4O2S2. The van der Waals surface area contributed by atoms with Crippen molar-refractivity contribution >= 4 is 56.5 Å². The van der Waals surface area contributed by atoms with Gasteiger partial charge in [0.25, 0.3) is 5.56 Å². The third-order valence-electron chi connectivity index (χ3n) is 5.14. The molecule has 9 heteroatoms. The van der Waals surface area contributed by atoms with E-state index in [0.29, 0.717) is 17.4 Å². The second-order valence-electron chi connectivity index (χ2n) is 7.27. The molecule has 0 bridgehead atoms. The molecule has 1 aliphatic carbocycles. The first-order valence-corrected chi connectivity index (χ1v) is 12.3. The van der Waals surface area contributed by atoms with Gasteiger partial charge in [0.1, 0.15) is 4.83 Å². The molecular weight excluding hydrogens is 440 g/mol. The van der Waals surface area contributed by atoms with Gasteiger partial charge in [-0.25, -0.2) is 9.97 Å². The van der Waals surface area contributed by atoms with Gasteiger partial charge in [0.2, 0.25) is 5.91 Å². The summed E-state index contributed by atoms with van der Waals surface area (Å²) < 4.78 is 1.76. The van der Waals surface area contributed by atoms with Crippen LogP contribution >= 0.6 is 34.7 Å². The van der Waals surface area contributed by atoms with E-state index in [1.165, 1.54) is 22.2 Å². The van der Waals surface area contributed by atoms with Crippen molar-refractivity contribution in [2.45, 2.75) is 57.1 Å². The maximum atomic E-state index is 13.3. The smallest absolute Gasteiger partial charge is 0.263 e. The Morgan fingerprint density at radius 3 is 3.03 bits per heavy atom. The molecule has 4 rings (SSSR count). The number of nitrogens with one attached hydrogen (secondary N) is 1. The van der Waals surface area contributed by atoms with Crippen molar-refractivity contribution in [3.05, 3.63) is 44.3 Å². The van der Waals surface area contributed by atoms with Crippen LogP contribution in [0.2, 0.25) is 5.15 Å². The van der Waals surface area contributed by atoms with Gasteiger partial charge >= 0.3 is 0 Å². The normalized spacial score (nSPS) is 13.0. The molecule has 3 aromatic heterocycles. The highest BCUT2D eigenvalue weighted by atomic mass is 35.5. The fourth-order valence-electron chi connectivity index (χ4n) is 3.68. The van der Waals surface area contributed by atoms with E-state index < -0.39 is 0 Å². The minimum Gasteiger partial charge on any atom is -0.323 e. The third kappa shape index (κ3) is 4.40. The zero-order valence-electron chi connectivity index (χ0n) is 16.7. The molecule has 1 N–H and O–H groups in total. The van der Waals surface area contributed by atoms with E-state index >= 15 is 0 Å². The van der Waals surface area contributed by atoms with Crippen molar-refractivity contribution in [2.24, 2.45) is 0 Å². The molecule has 3 aromatic rings. The number of hydrogen-bond acceptors (Lipinski definition) is 6. The quantitative estimate of drug-likeness (QED) is 0.222. The van der Waals surface area contributed by atoms with Gasteiger partial charge in [-0.3, -0.25) is 14.2 Å². The van der Waals surface area contributed by atoms with Crippen LogP contribution in [0.1, 0.15) is 43.0 Å². The van der Waals surface area contributed by atoms with Crippen molar-refractivity contribution in [2.75, 3.05) is 11.1 Å². The number of hydrogen-bond donors (Lipinski definition) is 1. The number of aromatic nitrogens is 3. The number of fused-ring (bicyclic) bond motifs is 3. The van der Waals surface area contributed by atoms with E-state index in [1.54, 1.807) is 34.2 Å². The molecule has 0 saturated heterocycles. The van der Waals surface area contributed by atoms with Gasteiger partial charge in [-0.15, -0.1) is 11.3 Å². The summed E-state index contributed by atoms with van der Waals surface area (Å²) >= 11 is 8.93. The number of amides is 1. The Hall–Kier alpha value is -1.90. The SMILES string of the molecule is CCCCCn1c(SCC(=O)Nc2cccnc2Cl)nc2sc3c(c2c1=O)CCC3. The Bertz CT molecular complexity index is 1140. The van der Waals surface area contributed by atoms with Crippen molar-refractivity contribution in [1.29, 1.82) is 0 Å². The van der Waals surface area contributed by atoms with E-state index in [0.717, 1.165) is 48.7 Å². The first kappa shape index (κ1) is 21.3. The number of rotatable bonds is 8. The number of carbonyl (C=O) groups is 1. The Balaban J connectivity index is 1.58. The van der Waals surface area contributed by atoms with Crippen LogP contribution in [0.25, 0.3) is 10.2 Å². The lowest BCUT2D eigenvalue weighted by Crippen LogP contribution is -2.24. The number of anilines is 1. The van der Waals surface area contributed by atoms with Gasteiger partial charge in [-0.05, 0) is 43.4 Å². The van der Waals surface area contributed by atoms with Gasteiger partial charge < -0.3 is 5.32 Å². The molecule has 0 unspecified atom stereocenters. The number of thiophene rings is 1. The average molecular weight is 463 g/mol. The molecule has 0 aliphatic heterocycles. The fraction of sp³-hybridized carbons (Fsp3) is 0.429. The Morgan fingerprint density at radius 2 is 2.23 bits per heavy atom. The monoisotopic (exact) mass is 462 g/mol. The number of pyridine rings is 1. The molecule has 0 fully saturated rings. The molecule has 0 saturated carbocycles. The lowest BCUT2D eigenvalue weighted by atomic mass is 10.2. The highest BCUT2D eigenvalue weighted by Gasteiger charge is 2.23. The van der Waals surface area contributed by atoms with Crippen LogP contribution in [0.15, 0.2) is 28.3 Å². The van der Waals surface area contributed by atoms with E-state index in [4.69, 9.17) is 16.6 Å². The van der Waals surface area contributed by atoms with Crippen LogP contribution in [0.5, 0.6) is 0 Å². The third-order valence-corrected chi connectivity index (χ3v) is 7.60. The van der Waals surface area contributed by atoms with Crippen LogP contribution < -0.4 is 10.9 Å². The van der Waals surface area contributed by atoms with Crippen LogP contribution in [0.3, 0.4) is 0 Å². The largest absolute Gasteiger partial charge is 0.323 e. The maximum Gasteiger partial charge on any atom is 0.263 e. The Morgan fingerprint density at radius 1 is 1.37 bits per heavy atom. The molecule has 158 valence electrons. The zero-order valence-corrected chi connectivity index (χ0v) is 19.1. The molecule has 0 radical (unpaired) electrons. The highest BCUT2D eigenvalue weighted by molar-refractivity contribution is 7.99. The summed E-state index contributed by atoms with van der Waals surface area (Å²) in [6, 6.07) is 3.42. The fourth-order valence-corrected chi connectivity index (χ4v) is 5.98. The summed E-state index contributed by atoms with van der Waals surface area (Å²) in [4.78, 5) is 36.6. The Kier molecular flexibility index (Phi) is 6.75. The first-order chi connectivity index (χ1) is 14.6. The minimum atomic E-state index is -0.210. The van der Waals surface area contributed by atoms with Gasteiger partial charge in [-0.2, -0.15) is 0 Å².